The predicted octanol–water partition coefficient (Wildman–Crippen LogP) is -1.08. The van der Waals surface area contributed by atoms with E-state index in [1.165, 1.54) is 4.90 Å². The van der Waals surface area contributed by atoms with Gasteiger partial charge in [-0.2, -0.15) is 0 Å². The molecule has 1 heterocycles. The van der Waals surface area contributed by atoms with Gasteiger partial charge in [0.15, 0.2) is 0 Å². The van der Waals surface area contributed by atoms with Gasteiger partial charge in [0.1, 0.15) is 30.3 Å². The van der Waals surface area contributed by atoms with E-state index in [1.807, 2.05) is 30.3 Å². The highest BCUT2D eigenvalue weighted by Crippen LogP contribution is 2.23. The molecule has 0 radical (unpaired) electrons. The van der Waals surface area contributed by atoms with Crippen LogP contribution in [0.4, 0.5) is 0 Å². The van der Waals surface area contributed by atoms with E-state index in [0.717, 1.165) is 5.75 Å². The van der Waals surface area contributed by atoms with Gasteiger partial charge in [0.25, 0.3) is 0 Å². The van der Waals surface area contributed by atoms with Crippen molar-refractivity contribution in [1.29, 1.82) is 0 Å². The third kappa shape index (κ3) is 4.41. The summed E-state index contributed by atoms with van der Waals surface area (Å²) in [5.74, 6) is 0.785. The van der Waals surface area contributed by atoms with Crippen LogP contribution >= 0.6 is 0 Å². The summed E-state index contributed by atoms with van der Waals surface area (Å²) < 4.78 is 5.57. The number of para-hydroxylation sites is 1. The van der Waals surface area contributed by atoms with Crippen molar-refractivity contribution in [3.63, 3.8) is 0 Å². The zero-order valence-corrected chi connectivity index (χ0v) is 12.9. The number of unbranched alkanes of at least 4 members (excludes halogenated alkanes) is 1. The van der Waals surface area contributed by atoms with Gasteiger partial charge in [-0.3, -0.25) is 4.90 Å². The third-order valence-corrected chi connectivity index (χ3v) is 4.17. The van der Waals surface area contributed by atoms with E-state index < -0.39 is 37.2 Å². The van der Waals surface area contributed by atoms with E-state index in [9.17, 15) is 25.5 Å². The zero-order chi connectivity index (χ0) is 16.8. The number of aliphatic hydroxyl groups excluding tert-OH is 5. The van der Waals surface area contributed by atoms with Gasteiger partial charge >= 0.3 is 0 Å². The molecular weight excluding hydrogens is 302 g/mol. The molecule has 2 rings (SSSR count). The molecule has 0 spiro atoms. The second kappa shape index (κ2) is 8.58. The highest BCUT2D eigenvalue weighted by Gasteiger charge is 2.46. The molecule has 23 heavy (non-hydrogen) atoms. The van der Waals surface area contributed by atoms with Gasteiger partial charge in [0, 0.05) is 6.54 Å². The molecule has 1 aromatic rings. The summed E-state index contributed by atoms with van der Waals surface area (Å²) in [6.45, 7) is 0.458. The molecule has 1 fully saturated rings. The van der Waals surface area contributed by atoms with Crippen molar-refractivity contribution in [2.75, 3.05) is 19.8 Å². The first-order valence-corrected chi connectivity index (χ1v) is 7.83. The molecule has 7 heteroatoms. The van der Waals surface area contributed by atoms with Crippen molar-refractivity contribution in [3.8, 4) is 5.75 Å². The summed E-state index contributed by atoms with van der Waals surface area (Å²) in [6.07, 6.45) is -4.20. The Balaban J connectivity index is 1.78. The van der Waals surface area contributed by atoms with Crippen LogP contribution in [0.5, 0.6) is 5.75 Å². The average Bonchev–Trinajstić information content (AvgIpc) is 2.58. The summed E-state index contributed by atoms with van der Waals surface area (Å²) in [7, 11) is 0. The van der Waals surface area contributed by atoms with Crippen molar-refractivity contribution in [2.24, 2.45) is 0 Å². The predicted molar refractivity (Wildman–Crippen MR) is 82.8 cm³/mol. The largest absolute Gasteiger partial charge is 0.494 e. The maximum atomic E-state index is 10.0. The summed E-state index contributed by atoms with van der Waals surface area (Å²) in [5.41, 5.74) is 0. The highest BCUT2D eigenvalue weighted by atomic mass is 16.5. The fourth-order valence-electron chi connectivity index (χ4n) is 2.81. The van der Waals surface area contributed by atoms with Gasteiger partial charge < -0.3 is 30.3 Å². The fraction of sp³-hybridized carbons (Fsp3) is 0.625. The van der Waals surface area contributed by atoms with E-state index in [-0.39, 0.29) is 0 Å². The van der Waals surface area contributed by atoms with E-state index in [1.54, 1.807) is 0 Å². The second-order valence-electron chi connectivity index (χ2n) is 5.74. The van der Waals surface area contributed by atoms with Crippen LogP contribution in [0.3, 0.4) is 0 Å². The minimum absolute atomic E-state index is 0.366. The number of hydrogen-bond donors (Lipinski definition) is 5. The van der Waals surface area contributed by atoms with Crippen LogP contribution in [0.15, 0.2) is 30.3 Å². The smallest absolute Gasteiger partial charge is 0.136 e. The Hall–Kier alpha value is -1.22. The highest BCUT2D eigenvalue weighted by molar-refractivity contribution is 5.20. The molecule has 7 nitrogen and oxygen atoms in total. The maximum Gasteiger partial charge on any atom is 0.136 e. The lowest BCUT2D eigenvalue weighted by Crippen LogP contribution is -2.67. The number of rotatable bonds is 7. The number of ether oxygens (including phenoxy) is 1. The number of piperidine rings is 1. The van der Waals surface area contributed by atoms with Crippen molar-refractivity contribution in [1.82, 2.24) is 4.90 Å². The molecule has 1 saturated heterocycles. The second-order valence-corrected chi connectivity index (χ2v) is 5.74. The van der Waals surface area contributed by atoms with Crippen LogP contribution in [0, 0.1) is 0 Å². The topological polar surface area (TPSA) is 114 Å². The quantitative estimate of drug-likeness (QED) is 0.405. The Bertz CT molecular complexity index is 459. The van der Waals surface area contributed by atoms with Crippen LogP contribution in [0.2, 0.25) is 0 Å². The SMILES string of the molecule is OC[C@@H]1[C@@H](O)[C@H](O)[C@@H](O)C(O)N1CCCCOc1ccccc1. The molecule has 5 N–H and O–H groups in total. The number of hydrogen-bond acceptors (Lipinski definition) is 7. The standard InChI is InChI=1S/C16H25NO6/c18-10-12-13(19)14(20)15(21)16(22)17(12)8-4-5-9-23-11-6-2-1-3-7-11/h1-3,6-7,12-16,18-22H,4-5,8-10H2/t12-,13-,14+,15-,16?/m1/s1. The minimum atomic E-state index is -1.47. The third-order valence-electron chi connectivity index (χ3n) is 4.17. The van der Waals surface area contributed by atoms with Crippen molar-refractivity contribution < 1.29 is 30.3 Å². The molecule has 0 amide bonds. The van der Waals surface area contributed by atoms with E-state index in [2.05, 4.69) is 0 Å². The molecular formula is C16H25NO6. The number of likely N-dealkylation sites (tertiary alicyclic amines) is 1. The molecule has 1 aromatic carbocycles. The Morgan fingerprint density at radius 3 is 2.26 bits per heavy atom. The molecule has 1 unspecified atom stereocenters. The fourth-order valence-corrected chi connectivity index (χ4v) is 2.81. The minimum Gasteiger partial charge on any atom is -0.494 e. The van der Waals surface area contributed by atoms with Gasteiger partial charge in [0.2, 0.25) is 0 Å². The van der Waals surface area contributed by atoms with Crippen molar-refractivity contribution in [2.45, 2.75) is 43.4 Å². The summed E-state index contributed by atoms with van der Waals surface area (Å²) >= 11 is 0. The normalized spacial score (nSPS) is 32.0. The molecule has 0 aliphatic carbocycles. The van der Waals surface area contributed by atoms with Crippen LogP contribution in [0.1, 0.15) is 12.8 Å². The first-order valence-electron chi connectivity index (χ1n) is 7.83. The summed E-state index contributed by atoms with van der Waals surface area (Å²) in [5, 5.41) is 48.7. The Kier molecular flexibility index (Phi) is 6.76. The molecule has 0 bridgehead atoms. The number of nitrogens with zero attached hydrogens (tertiary/aromatic N) is 1. The van der Waals surface area contributed by atoms with Gasteiger partial charge in [-0.25, -0.2) is 0 Å². The van der Waals surface area contributed by atoms with Crippen LogP contribution in [-0.2, 0) is 0 Å². The molecule has 5 atom stereocenters. The first-order chi connectivity index (χ1) is 11.1. The zero-order valence-electron chi connectivity index (χ0n) is 12.9. The van der Waals surface area contributed by atoms with Crippen LogP contribution < -0.4 is 4.74 Å². The lowest BCUT2D eigenvalue weighted by atomic mass is 9.92. The maximum absolute atomic E-state index is 10.0. The van der Waals surface area contributed by atoms with Crippen molar-refractivity contribution in [3.05, 3.63) is 30.3 Å². The first kappa shape index (κ1) is 18.1. The number of benzene rings is 1. The van der Waals surface area contributed by atoms with Gasteiger partial charge in [0.05, 0.1) is 19.3 Å². The van der Waals surface area contributed by atoms with Gasteiger partial charge in [-0.1, -0.05) is 18.2 Å². The molecule has 1 aliphatic rings. The van der Waals surface area contributed by atoms with E-state index in [4.69, 9.17) is 4.74 Å². The average molecular weight is 327 g/mol. The molecule has 0 aromatic heterocycles. The van der Waals surface area contributed by atoms with E-state index >= 15 is 0 Å². The van der Waals surface area contributed by atoms with E-state index in [0.29, 0.717) is 26.0 Å². The monoisotopic (exact) mass is 327 g/mol. The summed E-state index contributed by atoms with van der Waals surface area (Å²) in [4.78, 5) is 1.42. The lowest BCUT2D eigenvalue weighted by molar-refractivity contribution is -0.222. The summed E-state index contributed by atoms with van der Waals surface area (Å²) in [6, 6.07) is 8.61. The lowest BCUT2D eigenvalue weighted by Gasteiger charge is -2.46. The van der Waals surface area contributed by atoms with Crippen molar-refractivity contribution >= 4 is 0 Å². The van der Waals surface area contributed by atoms with Gasteiger partial charge in [-0.15, -0.1) is 0 Å². The van der Waals surface area contributed by atoms with Crippen LogP contribution in [-0.4, -0.2) is 80.8 Å². The van der Waals surface area contributed by atoms with Gasteiger partial charge in [-0.05, 0) is 25.0 Å². The molecule has 130 valence electrons. The molecule has 0 saturated carbocycles. The molecule has 1 aliphatic heterocycles. The van der Waals surface area contributed by atoms with Crippen LogP contribution in [0.25, 0.3) is 0 Å². The Labute approximate surface area is 135 Å². The Morgan fingerprint density at radius 1 is 0.913 bits per heavy atom. The number of aliphatic hydroxyl groups is 5. The Morgan fingerprint density at radius 2 is 1.61 bits per heavy atom.